The molecule has 0 saturated carbocycles. The number of nitrogens with one attached hydrogen (secondary N) is 1. The van der Waals surface area contributed by atoms with Crippen LogP contribution in [-0.2, 0) is 11.3 Å². The molecule has 0 spiro atoms. The van der Waals surface area contributed by atoms with E-state index in [1.165, 1.54) is 6.26 Å². The second-order valence-corrected chi connectivity index (χ2v) is 5.47. The Bertz CT molecular complexity index is 459. The standard InChI is InChI=1S/C14H19F3N2O2/c1-10-7-11(4-5-18-10)13(20)19(9-14(15,16)17)8-12-3-2-6-21-12/h2-3,6,10-11,18H,4-5,7-9H2,1H3. The summed E-state index contributed by atoms with van der Waals surface area (Å²) in [7, 11) is 0. The average molecular weight is 304 g/mol. The molecule has 2 rings (SSSR count). The van der Waals surface area contributed by atoms with Gasteiger partial charge in [0.05, 0.1) is 12.8 Å². The van der Waals surface area contributed by atoms with Crippen LogP contribution in [0.5, 0.6) is 0 Å². The smallest absolute Gasteiger partial charge is 0.406 e. The van der Waals surface area contributed by atoms with E-state index in [9.17, 15) is 18.0 Å². The van der Waals surface area contributed by atoms with Crippen molar-refractivity contribution in [2.75, 3.05) is 13.1 Å². The van der Waals surface area contributed by atoms with E-state index in [2.05, 4.69) is 5.32 Å². The highest BCUT2D eigenvalue weighted by Gasteiger charge is 2.36. The molecule has 1 aromatic heterocycles. The highest BCUT2D eigenvalue weighted by molar-refractivity contribution is 5.79. The summed E-state index contributed by atoms with van der Waals surface area (Å²) in [5.74, 6) is -0.453. The topological polar surface area (TPSA) is 45.5 Å². The quantitative estimate of drug-likeness (QED) is 0.930. The van der Waals surface area contributed by atoms with Crippen LogP contribution >= 0.6 is 0 Å². The molecule has 1 amide bonds. The number of carbonyl (C=O) groups is 1. The van der Waals surface area contributed by atoms with Crippen LogP contribution in [0.4, 0.5) is 13.2 Å². The average Bonchev–Trinajstić information content (AvgIpc) is 2.88. The Kier molecular flexibility index (Phi) is 4.92. The second kappa shape index (κ2) is 6.51. The molecule has 1 aromatic rings. The van der Waals surface area contributed by atoms with Gasteiger partial charge in [-0.3, -0.25) is 4.79 Å². The van der Waals surface area contributed by atoms with Crippen molar-refractivity contribution in [1.29, 1.82) is 0 Å². The van der Waals surface area contributed by atoms with Crippen molar-refractivity contribution in [1.82, 2.24) is 10.2 Å². The summed E-state index contributed by atoms with van der Waals surface area (Å²) in [6.07, 6.45) is -1.90. The molecule has 1 N–H and O–H groups in total. The predicted octanol–water partition coefficient (Wildman–Crippen LogP) is 2.56. The lowest BCUT2D eigenvalue weighted by molar-refractivity contribution is -0.166. The van der Waals surface area contributed by atoms with E-state index >= 15 is 0 Å². The summed E-state index contributed by atoms with van der Waals surface area (Å²) < 4.78 is 43.2. The third-order valence-electron chi connectivity index (χ3n) is 3.58. The Labute approximate surface area is 121 Å². The zero-order chi connectivity index (χ0) is 15.5. The maximum atomic E-state index is 12.7. The van der Waals surface area contributed by atoms with Gasteiger partial charge in [-0.05, 0) is 38.4 Å². The van der Waals surface area contributed by atoms with Crippen LogP contribution in [0.1, 0.15) is 25.5 Å². The molecule has 4 nitrogen and oxygen atoms in total. The molecule has 0 radical (unpaired) electrons. The van der Waals surface area contributed by atoms with Crippen LogP contribution in [0.15, 0.2) is 22.8 Å². The molecule has 0 aromatic carbocycles. The number of alkyl halides is 3. The number of piperidine rings is 1. The zero-order valence-electron chi connectivity index (χ0n) is 11.8. The highest BCUT2D eigenvalue weighted by atomic mass is 19.4. The van der Waals surface area contributed by atoms with E-state index in [0.717, 1.165) is 4.90 Å². The van der Waals surface area contributed by atoms with Crippen LogP contribution in [0.25, 0.3) is 0 Å². The van der Waals surface area contributed by atoms with Crippen LogP contribution in [0, 0.1) is 5.92 Å². The molecule has 0 bridgehead atoms. The molecular formula is C14H19F3N2O2. The minimum absolute atomic E-state index is 0.143. The summed E-state index contributed by atoms with van der Waals surface area (Å²) in [5, 5.41) is 3.19. The molecule has 0 aliphatic carbocycles. The molecule has 1 aliphatic heterocycles. The van der Waals surface area contributed by atoms with Gasteiger partial charge in [0.1, 0.15) is 12.3 Å². The summed E-state index contributed by atoms with van der Waals surface area (Å²) in [4.78, 5) is 13.3. The number of rotatable bonds is 4. The second-order valence-electron chi connectivity index (χ2n) is 5.47. The van der Waals surface area contributed by atoms with Crippen LogP contribution in [0.3, 0.4) is 0 Å². The monoisotopic (exact) mass is 304 g/mol. The first kappa shape index (κ1) is 15.9. The summed E-state index contributed by atoms with van der Waals surface area (Å²) >= 11 is 0. The Morgan fingerprint density at radius 1 is 1.52 bits per heavy atom. The highest BCUT2D eigenvalue weighted by Crippen LogP contribution is 2.24. The molecule has 7 heteroatoms. The van der Waals surface area contributed by atoms with Crippen LogP contribution < -0.4 is 5.32 Å². The molecule has 1 aliphatic rings. The third kappa shape index (κ3) is 4.77. The van der Waals surface area contributed by atoms with E-state index in [1.807, 2.05) is 6.92 Å². The first-order valence-corrected chi connectivity index (χ1v) is 6.96. The van der Waals surface area contributed by atoms with Crippen LogP contribution in [0.2, 0.25) is 0 Å². The molecule has 21 heavy (non-hydrogen) atoms. The van der Waals surface area contributed by atoms with Gasteiger partial charge < -0.3 is 14.6 Å². The van der Waals surface area contributed by atoms with E-state index in [4.69, 9.17) is 4.42 Å². The Morgan fingerprint density at radius 2 is 2.29 bits per heavy atom. The third-order valence-corrected chi connectivity index (χ3v) is 3.58. The maximum Gasteiger partial charge on any atom is 0.406 e. The van der Waals surface area contributed by atoms with Gasteiger partial charge in [-0.25, -0.2) is 0 Å². The minimum atomic E-state index is -4.42. The lowest BCUT2D eigenvalue weighted by Gasteiger charge is -2.32. The minimum Gasteiger partial charge on any atom is -0.467 e. The zero-order valence-corrected chi connectivity index (χ0v) is 11.8. The molecule has 2 heterocycles. The van der Waals surface area contributed by atoms with Crippen LogP contribution in [-0.4, -0.2) is 36.1 Å². The fourth-order valence-corrected chi connectivity index (χ4v) is 2.63. The summed E-state index contributed by atoms with van der Waals surface area (Å²) in [6, 6.07) is 3.31. The van der Waals surface area contributed by atoms with E-state index in [1.54, 1.807) is 12.1 Å². The normalized spacial score (nSPS) is 23.0. The lowest BCUT2D eigenvalue weighted by Crippen LogP contribution is -2.46. The van der Waals surface area contributed by atoms with Gasteiger partial charge in [-0.15, -0.1) is 0 Å². The van der Waals surface area contributed by atoms with Crippen molar-refractivity contribution >= 4 is 5.91 Å². The van der Waals surface area contributed by atoms with Crippen molar-refractivity contribution in [3.05, 3.63) is 24.2 Å². The van der Waals surface area contributed by atoms with E-state index < -0.39 is 18.6 Å². The van der Waals surface area contributed by atoms with Crippen molar-refractivity contribution in [2.24, 2.45) is 5.92 Å². The van der Waals surface area contributed by atoms with Gasteiger partial charge >= 0.3 is 6.18 Å². The molecular weight excluding hydrogens is 285 g/mol. The van der Waals surface area contributed by atoms with Gasteiger partial charge in [0.15, 0.2) is 0 Å². The largest absolute Gasteiger partial charge is 0.467 e. The van der Waals surface area contributed by atoms with Crippen molar-refractivity contribution in [2.45, 2.75) is 38.5 Å². The molecule has 118 valence electrons. The maximum absolute atomic E-state index is 12.7. The molecule has 2 atom stereocenters. The fraction of sp³-hybridized carbons (Fsp3) is 0.643. The van der Waals surface area contributed by atoms with E-state index in [0.29, 0.717) is 25.1 Å². The number of furan rings is 1. The predicted molar refractivity (Wildman–Crippen MR) is 70.4 cm³/mol. The lowest BCUT2D eigenvalue weighted by atomic mass is 9.92. The van der Waals surface area contributed by atoms with Gasteiger partial charge in [0.2, 0.25) is 5.91 Å². The number of halogens is 3. The first-order valence-electron chi connectivity index (χ1n) is 6.96. The van der Waals surface area contributed by atoms with Gasteiger partial charge in [-0.2, -0.15) is 13.2 Å². The molecule has 2 unspecified atom stereocenters. The van der Waals surface area contributed by atoms with Crippen molar-refractivity contribution in [3.63, 3.8) is 0 Å². The van der Waals surface area contributed by atoms with Crippen molar-refractivity contribution in [3.8, 4) is 0 Å². The SMILES string of the molecule is CC1CC(C(=O)N(Cc2ccco2)CC(F)(F)F)CCN1. The number of hydrogen-bond donors (Lipinski definition) is 1. The van der Waals surface area contributed by atoms with Crippen molar-refractivity contribution < 1.29 is 22.4 Å². The summed E-state index contributed by atoms with van der Waals surface area (Å²) in [6.45, 7) is 1.19. The molecule has 1 saturated heterocycles. The number of nitrogens with zero attached hydrogens (tertiary/aromatic N) is 1. The number of hydrogen-bond acceptors (Lipinski definition) is 3. The van der Waals surface area contributed by atoms with Gasteiger partial charge in [-0.1, -0.05) is 0 Å². The van der Waals surface area contributed by atoms with Gasteiger partial charge in [0, 0.05) is 12.0 Å². The number of carbonyl (C=O) groups excluding carboxylic acids is 1. The fourth-order valence-electron chi connectivity index (χ4n) is 2.63. The molecule has 1 fully saturated rings. The Morgan fingerprint density at radius 3 is 2.86 bits per heavy atom. The number of amides is 1. The summed E-state index contributed by atoms with van der Waals surface area (Å²) in [5.41, 5.74) is 0. The van der Waals surface area contributed by atoms with E-state index in [-0.39, 0.29) is 18.5 Å². The first-order chi connectivity index (χ1) is 9.85. The Balaban J connectivity index is 2.07. The van der Waals surface area contributed by atoms with Gasteiger partial charge in [0.25, 0.3) is 0 Å². The Hall–Kier alpha value is -1.50.